The summed E-state index contributed by atoms with van der Waals surface area (Å²) in [6, 6.07) is 2.07. The fraction of sp³-hybridized carbons (Fsp3) is 0.538. The second-order valence-electron chi connectivity index (χ2n) is 4.32. The van der Waals surface area contributed by atoms with Crippen LogP contribution in [-0.2, 0) is 4.74 Å². The van der Waals surface area contributed by atoms with Crippen molar-refractivity contribution in [2.24, 2.45) is 0 Å². The quantitative estimate of drug-likeness (QED) is 0.823. The van der Waals surface area contributed by atoms with E-state index in [1.165, 1.54) is 11.3 Å². The summed E-state index contributed by atoms with van der Waals surface area (Å²) in [4.78, 5) is 14.2. The highest BCUT2D eigenvalue weighted by Crippen LogP contribution is 2.18. The van der Waals surface area contributed by atoms with Crippen molar-refractivity contribution in [2.45, 2.75) is 25.9 Å². The zero-order valence-electron chi connectivity index (χ0n) is 10.4. The average molecular weight is 264 g/mol. The minimum Gasteiger partial charge on any atom is -0.376 e. The second-order valence-corrected chi connectivity index (χ2v) is 5.06. The Labute approximate surface area is 111 Å². The molecular formula is C13H16N2O2S. The molecule has 0 aromatic carbocycles. The van der Waals surface area contributed by atoms with E-state index in [0.717, 1.165) is 12.8 Å². The van der Waals surface area contributed by atoms with Crippen LogP contribution >= 0.6 is 11.3 Å². The zero-order valence-corrected chi connectivity index (χ0v) is 11.2. The maximum absolute atomic E-state index is 12.4. The van der Waals surface area contributed by atoms with E-state index >= 15 is 0 Å². The van der Waals surface area contributed by atoms with Gasteiger partial charge in [0.05, 0.1) is 17.2 Å². The summed E-state index contributed by atoms with van der Waals surface area (Å²) in [6.45, 7) is 4.09. The maximum atomic E-state index is 12.4. The zero-order chi connectivity index (χ0) is 13.0. The van der Waals surface area contributed by atoms with Gasteiger partial charge in [-0.1, -0.05) is 6.92 Å². The number of ether oxygens (including phenoxy) is 1. The van der Waals surface area contributed by atoms with Crippen molar-refractivity contribution >= 4 is 17.2 Å². The third-order valence-corrected chi connectivity index (χ3v) is 3.85. The van der Waals surface area contributed by atoms with Crippen molar-refractivity contribution in [1.29, 1.82) is 5.26 Å². The molecule has 18 heavy (non-hydrogen) atoms. The first-order valence-corrected chi connectivity index (χ1v) is 7.07. The van der Waals surface area contributed by atoms with E-state index in [0.29, 0.717) is 30.8 Å². The van der Waals surface area contributed by atoms with Crippen molar-refractivity contribution in [3.63, 3.8) is 0 Å². The van der Waals surface area contributed by atoms with Crippen molar-refractivity contribution in [3.8, 4) is 6.07 Å². The molecule has 0 unspecified atom stereocenters. The number of thiophene rings is 1. The lowest BCUT2D eigenvalue weighted by Gasteiger charge is -2.23. The van der Waals surface area contributed by atoms with Crippen LogP contribution in [0.2, 0.25) is 0 Å². The van der Waals surface area contributed by atoms with Crippen molar-refractivity contribution in [2.75, 3.05) is 19.7 Å². The number of hydrogen-bond acceptors (Lipinski definition) is 4. The fourth-order valence-corrected chi connectivity index (χ4v) is 2.79. The highest BCUT2D eigenvalue weighted by molar-refractivity contribution is 7.08. The molecule has 0 bridgehead atoms. The van der Waals surface area contributed by atoms with E-state index in [4.69, 9.17) is 10.00 Å². The monoisotopic (exact) mass is 264 g/mol. The normalized spacial score (nSPS) is 20.2. The van der Waals surface area contributed by atoms with Crippen molar-refractivity contribution in [3.05, 3.63) is 21.9 Å². The highest BCUT2D eigenvalue weighted by Gasteiger charge is 2.24. The van der Waals surface area contributed by atoms with E-state index in [1.807, 2.05) is 4.90 Å². The van der Waals surface area contributed by atoms with Crippen LogP contribution in [0.15, 0.2) is 10.8 Å². The van der Waals surface area contributed by atoms with Gasteiger partial charge >= 0.3 is 0 Å². The number of hydrogen-bond donors (Lipinski definition) is 0. The van der Waals surface area contributed by atoms with Gasteiger partial charge < -0.3 is 9.64 Å². The van der Waals surface area contributed by atoms with E-state index in [9.17, 15) is 4.79 Å². The van der Waals surface area contributed by atoms with Gasteiger partial charge in [0, 0.05) is 30.5 Å². The molecule has 0 spiro atoms. The van der Waals surface area contributed by atoms with Gasteiger partial charge in [-0.15, -0.1) is 0 Å². The molecule has 1 aromatic rings. The van der Waals surface area contributed by atoms with E-state index in [1.54, 1.807) is 10.8 Å². The summed E-state index contributed by atoms with van der Waals surface area (Å²) < 4.78 is 5.65. The molecule has 1 saturated heterocycles. The summed E-state index contributed by atoms with van der Waals surface area (Å²) in [5.74, 6) is -0.0447. The van der Waals surface area contributed by atoms with Gasteiger partial charge in [0.2, 0.25) is 0 Å². The molecule has 1 amide bonds. The van der Waals surface area contributed by atoms with Gasteiger partial charge in [-0.25, -0.2) is 0 Å². The Balaban J connectivity index is 2.15. The summed E-state index contributed by atoms with van der Waals surface area (Å²) in [5, 5.41) is 12.4. The van der Waals surface area contributed by atoms with Gasteiger partial charge in [-0.2, -0.15) is 16.6 Å². The number of rotatable bonds is 2. The van der Waals surface area contributed by atoms with Gasteiger partial charge in [0.1, 0.15) is 6.07 Å². The fourth-order valence-electron chi connectivity index (χ4n) is 2.05. The van der Waals surface area contributed by atoms with Crippen molar-refractivity contribution < 1.29 is 9.53 Å². The molecule has 2 heterocycles. The van der Waals surface area contributed by atoms with E-state index in [-0.39, 0.29) is 12.0 Å². The minimum atomic E-state index is -0.0447. The van der Waals surface area contributed by atoms with E-state index < -0.39 is 0 Å². The first kappa shape index (κ1) is 13.1. The Hall–Kier alpha value is -1.38. The molecule has 0 N–H and O–H groups in total. The van der Waals surface area contributed by atoms with Gasteiger partial charge in [-0.3, -0.25) is 4.79 Å². The molecule has 1 aromatic heterocycles. The SMILES string of the molecule is CC[C@H]1CN(C(=O)c2cscc2C#N)CCCO1. The van der Waals surface area contributed by atoms with Crippen molar-refractivity contribution in [1.82, 2.24) is 4.90 Å². The van der Waals surface area contributed by atoms with Crippen LogP contribution in [0.1, 0.15) is 35.7 Å². The predicted octanol–water partition coefficient (Wildman–Crippen LogP) is 2.26. The Bertz CT molecular complexity index is 464. The summed E-state index contributed by atoms with van der Waals surface area (Å²) in [7, 11) is 0. The second kappa shape index (κ2) is 5.98. The van der Waals surface area contributed by atoms with Gasteiger partial charge in [-0.05, 0) is 12.8 Å². The molecule has 0 saturated carbocycles. The molecule has 1 aliphatic rings. The Morgan fingerprint density at radius 1 is 1.67 bits per heavy atom. The molecule has 1 aliphatic heterocycles. The van der Waals surface area contributed by atoms with Gasteiger partial charge in [0.25, 0.3) is 5.91 Å². The lowest BCUT2D eigenvalue weighted by molar-refractivity contribution is 0.0460. The topological polar surface area (TPSA) is 53.3 Å². The molecule has 96 valence electrons. The largest absolute Gasteiger partial charge is 0.376 e. The highest BCUT2D eigenvalue weighted by atomic mass is 32.1. The molecule has 0 aliphatic carbocycles. The van der Waals surface area contributed by atoms with E-state index in [2.05, 4.69) is 13.0 Å². The van der Waals surface area contributed by atoms with Crippen LogP contribution in [0.25, 0.3) is 0 Å². The first-order valence-electron chi connectivity index (χ1n) is 6.13. The summed E-state index contributed by atoms with van der Waals surface area (Å²) in [6.07, 6.45) is 1.87. The maximum Gasteiger partial charge on any atom is 0.256 e. The number of carbonyl (C=O) groups excluding carboxylic acids is 1. The van der Waals surface area contributed by atoms with Crippen LogP contribution in [0.5, 0.6) is 0 Å². The molecule has 0 radical (unpaired) electrons. The van der Waals surface area contributed by atoms with Crippen LogP contribution < -0.4 is 0 Å². The van der Waals surface area contributed by atoms with Crippen LogP contribution in [0.3, 0.4) is 0 Å². The molecule has 4 nitrogen and oxygen atoms in total. The Kier molecular flexibility index (Phi) is 4.34. The first-order chi connectivity index (χ1) is 8.76. The number of amides is 1. The smallest absolute Gasteiger partial charge is 0.256 e. The minimum absolute atomic E-state index is 0.0447. The summed E-state index contributed by atoms with van der Waals surface area (Å²) >= 11 is 1.39. The molecule has 1 atom stereocenters. The Morgan fingerprint density at radius 2 is 2.50 bits per heavy atom. The predicted molar refractivity (Wildman–Crippen MR) is 69.6 cm³/mol. The number of nitriles is 1. The van der Waals surface area contributed by atoms with Crippen LogP contribution in [0, 0.1) is 11.3 Å². The summed E-state index contributed by atoms with van der Waals surface area (Å²) in [5.41, 5.74) is 1.00. The number of carbonyl (C=O) groups is 1. The molecule has 1 fully saturated rings. The standard InChI is InChI=1S/C13H16N2O2S/c1-2-11-7-15(4-3-5-17-11)13(16)12-9-18-8-10(12)6-14/h8-9,11H,2-5,7H2,1H3/t11-/m0/s1. The molecule has 2 rings (SSSR count). The molecule has 5 heteroatoms. The van der Waals surface area contributed by atoms with Crippen LogP contribution in [-0.4, -0.2) is 36.6 Å². The number of nitrogens with zero attached hydrogens (tertiary/aromatic N) is 2. The Morgan fingerprint density at radius 3 is 3.22 bits per heavy atom. The van der Waals surface area contributed by atoms with Gasteiger partial charge in [0.15, 0.2) is 0 Å². The third kappa shape index (κ3) is 2.71. The van der Waals surface area contributed by atoms with Crippen LogP contribution in [0.4, 0.5) is 0 Å². The lowest BCUT2D eigenvalue weighted by Crippen LogP contribution is -2.36. The third-order valence-electron chi connectivity index (χ3n) is 3.11. The molecular weight excluding hydrogens is 248 g/mol. The average Bonchev–Trinajstić information content (AvgIpc) is 2.74. The lowest BCUT2D eigenvalue weighted by atomic mass is 10.1.